The number of nitrogens with zero attached hydrogens (tertiary/aromatic N) is 2. The van der Waals surface area contributed by atoms with Crippen LogP contribution in [0.25, 0.3) is 11.4 Å². The van der Waals surface area contributed by atoms with E-state index in [1.165, 1.54) is 12.1 Å². The molecule has 1 amide bonds. The molecule has 1 fully saturated rings. The first-order chi connectivity index (χ1) is 12.2. The van der Waals surface area contributed by atoms with Gasteiger partial charge in [-0.1, -0.05) is 0 Å². The van der Waals surface area contributed by atoms with Crippen LogP contribution in [0.15, 0.2) is 48.7 Å². The van der Waals surface area contributed by atoms with Crippen LogP contribution in [0.5, 0.6) is 0 Å². The van der Waals surface area contributed by atoms with Crippen LogP contribution < -0.4 is 0 Å². The van der Waals surface area contributed by atoms with Crippen molar-refractivity contribution >= 4 is 5.91 Å². The van der Waals surface area contributed by atoms with Gasteiger partial charge in [0.05, 0.1) is 5.69 Å². The van der Waals surface area contributed by atoms with Crippen LogP contribution in [0.2, 0.25) is 0 Å². The van der Waals surface area contributed by atoms with Gasteiger partial charge in [-0.15, -0.1) is 0 Å². The Hall–Kier alpha value is -2.89. The first-order valence-electron chi connectivity index (χ1n) is 8.44. The fraction of sp³-hybridized carbons (Fsp3) is 0.263. The van der Waals surface area contributed by atoms with Crippen LogP contribution in [0.1, 0.15) is 34.8 Å². The van der Waals surface area contributed by atoms with E-state index in [9.17, 15) is 9.18 Å². The summed E-state index contributed by atoms with van der Waals surface area (Å²) >= 11 is 0. The zero-order chi connectivity index (χ0) is 17.2. The summed E-state index contributed by atoms with van der Waals surface area (Å²) in [6.07, 6.45) is 3.82. The number of rotatable bonds is 3. The van der Waals surface area contributed by atoms with Crippen LogP contribution >= 0.6 is 0 Å². The maximum Gasteiger partial charge on any atom is 0.253 e. The van der Waals surface area contributed by atoms with Crippen molar-refractivity contribution in [1.29, 1.82) is 0 Å². The van der Waals surface area contributed by atoms with Gasteiger partial charge < -0.3 is 9.88 Å². The summed E-state index contributed by atoms with van der Waals surface area (Å²) in [5, 5.41) is 7.48. The smallest absolute Gasteiger partial charge is 0.253 e. The molecular formula is C19H19FN4O. The molecule has 1 atom stereocenters. The number of piperidine rings is 1. The van der Waals surface area contributed by atoms with Crippen molar-refractivity contribution < 1.29 is 9.18 Å². The molecule has 25 heavy (non-hydrogen) atoms. The fourth-order valence-electron chi connectivity index (χ4n) is 3.36. The summed E-state index contributed by atoms with van der Waals surface area (Å²) in [5.41, 5.74) is 3.42. The largest absolute Gasteiger partial charge is 0.360 e. The third-order valence-corrected chi connectivity index (χ3v) is 4.71. The minimum absolute atomic E-state index is 0.0474. The van der Waals surface area contributed by atoms with Gasteiger partial charge >= 0.3 is 0 Å². The number of hydrogen-bond acceptors (Lipinski definition) is 2. The molecule has 0 radical (unpaired) electrons. The van der Waals surface area contributed by atoms with E-state index in [0.717, 1.165) is 36.5 Å². The molecule has 0 unspecified atom stereocenters. The predicted octanol–water partition coefficient (Wildman–Crippen LogP) is 3.56. The summed E-state index contributed by atoms with van der Waals surface area (Å²) in [6, 6.07) is 11.7. The number of carbonyl (C=O) groups excluding carboxylic acids is 1. The van der Waals surface area contributed by atoms with Crippen molar-refractivity contribution in [2.24, 2.45) is 0 Å². The van der Waals surface area contributed by atoms with Crippen LogP contribution in [0.4, 0.5) is 4.39 Å². The molecule has 4 rings (SSSR count). The minimum Gasteiger partial charge on any atom is -0.360 e. The number of hydrogen-bond donors (Lipinski definition) is 2. The third-order valence-electron chi connectivity index (χ3n) is 4.71. The topological polar surface area (TPSA) is 64.8 Å². The number of aromatic amines is 2. The minimum atomic E-state index is -0.331. The number of benzene rings is 1. The SMILES string of the molecule is O=C(c1ccc(F)cc1)N1CCC[C@H](c2cc(-c3ccc[nH]3)n[nH]2)C1. The molecule has 0 spiro atoms. The van der Waals surface area contributed by atoms with Crippen molar-refractivity contribution in [1.82, 2.24) is 20.1 Å². The summed E-state index contributed by atoms with van der Waals surface area (Å²) in [4.78, 5) is 17.6. The first kappa shape index (κ1) is 15.6. The number of amides is 1. The van der Waals surface area contributed by atoms with Crippen LogP contribution in [-0.2, 0) is 0 Å². The third kappa shape index (κ3) is 3.20. The predicted molar refractivity (Wildman–Crippen MR) is 92.7 cm³/mol. The van der Waals surface area contributed by atoms with Crippen molar-refractivity contribution in [3.8, 4) is 11.4 Å². The van der Waals surface area contributed by atoms with Crippen molar-refractivity contribution in [2.45, 2.75) is 18.8 Å². The molecule has 1 saturated heterocycles. The summed E-state index contributed by atoms with van der Waals surface area (Å²) in [7, 11) is 0. The molecule has 2 N–H and O–H groups in total. The van der Waals surface area contributed by atoms with E-state index in [1.807, 2.05) is 29.3 Å². The summed E-state index contributed by atoms with van der Waals surface area (Å²) in [6.45, 7) is 1.37. The van der Waals surface area contributed by atoms with Gasteiger partial charge in [0.15, 0.2) is 0 Å². The van der Waals surface area contributed by atoms with E-state index in [0.29, 0.717) is 12.1 Å². The number of halogens is 1. The average molecular weight is 338 g/mol. The maximum absolute atomic E-state index is 13.1. The lowest BCUT2D eigenvalue weighted by molar-refractivity contribution is 0.0706. The van der Waals surface area contributed by atoms with Gasteiger partial charge in [-0.25, -0.2) is 4.39 Å². The van der Waals surface area contributed by atoms with Gasteiger partial charge in [0.2, 0.25) is 0 Å². The molecule has 128 valence electrons. The molecule has 1 aliphatic heterocycles. The van der Waals surface area contributed by atoms with Crippen molar-refractivity contribution in [3.05, 3.63) is 65.7 Å². The zero-order valence-electron chi connectivity index (χ0n) is 13.7. The van der Waals surface area contributed by atoms with Crippen molar-refractivity contribution in [2.75, 3.05) is 13.1 Å². The van der Waals surface area contributed by atoms with E-state index in [2.05, 4.69) is 15.2 Å². The number of likely N-dealkylation sites (tertiary alicyclic amines) is 1. The lowest BCUT2D eigenvalue weighted by Gasteiger charge is -2.32. The second-order valence-electron chi connectivity index (χ2n) is 6.39. The van der Waals surface area contributed by atoms with E-state index in [-0.39, 0.29) is 17.6 Å². The molecule has 0 saturated carbocycles. The number of nitrogens with one attached hydrogen (secondary N) is 2. The Labute approximate surface area is 144 Å². The molecule has 1 aromatic carbocycles. The van der Waals surface area contributed by atoms with E-state index in [4.69, 9.17) is 0 Å². The molecular weight excluding hydrogens is 319 g/mol. The average Bonchev–Trinajstić information content (AvgIpc) is 3.33. The van der Waals surface area contributed by atoms with E-state index in [1.54, 1.807) is 12.1 Å². The summed E-state index contributed by atoms with van der Waals surface area (Å²) in [5.74, 6) is -0.148. The highest BCUT2D eigenvalue weighted by atomic mass is 19.1. The highest BCUT2D eigenvalue weighted by molar-refractivity contribution is 5.94. The molecule has 3 aromatic rings. The Morgan fingerprint density at radius 1 is 1.24 bits per heavy atom. The number of aromatic nitrogens is 3. The van der Waals surface area contributed by atoms with Gasteiger partial charge in [-0.2, -0.15) is 5.10 Å². The van der Waals surface area contributed by atoms with Gasteiger partial charge in [-0.3, -0.25) is 9.89 Å². The first-order valence-corrected chi connectivity index (χ1v) is 8.44. The van der Waals surface area contributed by atoms with Crippen molar-refractivity contribution in [3.63, 3.8) is 0 Å². The highest BCUT2D eigenvalue weighted by Gasteiger charge is 2.26. The molecule has 3 heterocycles. The fourth-order valence-corrected chi connectivity index (χ4v) is 3.36. The molecule has 0 aliphatic carbocycles. The monoisotopic (exact) mass is 338 g/mol. The highest BCUT2D eigenvalue weighted by Crippen LogP contribution is 2.28. The number of carbonyl (C=O) groups is 1. The Balaban J connectivity index is 1.49. The Kier molecular flexibility index (Phi) is 4.09. The molecule has 1 aliphatic rings. The van der Waals surface area contributed by atoms with Gasteiger partial charge in [0.1, 0.15) is 11.5 Å². The Bertz CT molecular complexity index is 854. The number of H-pyrrole nitrogens is 2. The summed E-state index contributed by atoms with van der Waals surface area (Å²) < 4.78 is 13.1. The molecule has 2 aromatic heterocycles. The van der Waals surface area contributed by atoms with E-state index < -0.39 is 0 Å². The van der Waals surface area contributed by atoms with Gasteiger partial charge in [0, 0.05) is 36.5 Å². The normalized spacial score (nSPS) is 17.6. The van der Waals surface area contributed by atoms with Crippen LogP contribution in [0, 0.1) is 5.82 Å². The van der Waals surface area contributed by atoms with Gasteiger partial charge in [-0.05, 0) is 55.3 Å². The molecule has 0 bridgehead atoms. The lowest BCUT2D eigenvalue weighted by atomic mass is 9.94. The standard InChI is InChI=1S/C19H19FN4O/c20-15-7-5-13(6-8-15)19(25)24-10-2-3-14(12-24)17-11-18(23-22-17)16-4-1-9-21-16/h1,4-9,11,14,21H,2-3,10,12H2,(H,22,23)/t14-/m0/s1. The van der Waals surface area contributed by atoms with Crippen LogP contribution in [-0.4, -0.2) is 39.1 Å². The maximum atomic E-state index is 13.1. The molecule has 5 nitrogen and oxygen atoms in total. The Morgan fingerprint density at radius 3 is 2.84 bits per heavy atom. The quantitative estimate of drug-likeness (QED) is 0.767. The second kappa shape index (κ2) is 6.55. The van der Waals surface area contributed by atoms with Crippen LogP contribution in [0.3, 0.4) is 0 Å². The van der Waals surface area contributed by atoms with Gasteiger partial charge in [0.25, 0.3) is 5.91 Å². The van der Waals surface area contributed by atoms with E-state index >= 15 is 0 Å². The zero-order valence-corrected chi connectivity index (χ0v) is 13.7. The molecule has 6 heteroatoms. The lowest BCUT2D eigenvalue weighted by Crippen LogP contribution is -2.39. The second-order valence-corrected chi connectivity index (χ2v) is 6.39. The Morgan fingerprint density at radius 2 is 2.08 bits per heavy atom.